The van der Waals surface area contributed by atoms with Crippen molar-refractivity contribution in [1.82, 2.24) is 5.32 Å². The van der Waals surface area contributed by atoms with E-state index in [1.54, 1.807) is 4.90 Å². The van der Waals surface area contributed by atoms with Crippen molar-refractivity contribution in [1.29, 1.82) is 0 Å². The highest BCUT2D eigenvalue weighted by Gasteiger charge is 2.33. The van der Waals surface area contributed by atoms with E-state index in [-0.39, 0.29) is 17.9 Å². The Morgan fingerprint density at radius 2 is 1.95 bits per heavy atom. The molecular weight excluding hydrogens is 280 g/mol. The number of hydrogen-bond acceptors (Lipinski definition) is 3. The standard InChI is InChI=1S/C17H24N2O3/c1-5-22-14-8-6-13(7-9-14)19-11-12(10-15(19)20)18-16(21)17(2,3)4/h6-9,12H,5,10-11H2,1-4H3,(H,18,21)/t12-/m0/s1. The molecule has 1 aromatic rings. The van der Waals surface area contributed by atoms with E-state index in [9.17, 15) is 9.59 Å². The highest BCUT2D eigenvalue weighted by atomic mass is 16.5. The molecule has 1 heterocycles. The molecule has 0 aromatic heterocycles. The maximum Gasteiger partial charge on any atom is 0.229 e. The van der Waals surface area contributed by atoms with Crippen LogP contribution in [0.3, 0.4) is 0 Å². The highest BCUT2D eigenvalue weighted by molar-refractivity contribution is 5.97. The molecule has 0 saturated carbocycles. The Kier molecular flexibility index (Phi) is 4.74. The smallest absolute Gasteiger partial charge is 0.229 e. The third-order valence-corrected chi connectivity index (χ3v) is 3.60. The lowest BCUT2D eigenvalue weighted by Gasteiger charge is -2.22. The Bertz CT molecular complexity index is 546. The largest absolute Gasteiger partial charge is 0.494 e. The number of nitrogens with zero attached hydrogens (tertiary/aromatic N) is 1. The van der Waals surface area contributed by atoms with Gasteiger partial charge < -0.3 is 15.0 Å². The number of carbonyl (C=O) groups excluding carboxylic acids is 2. The zero-order valence-corrected chi connectivity index (χ0v) is 13.7. The summed E-state index contributed by atoms with van der Waals surface area (Å²) < 4.78 is 5.40. The van der Waals surface area contributed by atoms with Crippen LogP contribution in [0.25, 0.3) is 0 Å². The van der Waals surface area contributed by atoms with Crippen LogP contribution < -0.4 is 15.0 Å². The molecule has 5 nitrogen and oxygen atoms in total. The van der Waals surface area contributed by atoms with Crippen molar-refractivity contribution in [2.45, 2.75) is 40.2 Å². The van der Waals surface area contributed by atoms with Crippen molar-refractivity contribution in [3.8, 4) is 5.75 Å². The van der Waals surface area contributed by atoms with Crippen molar-refractivity contribution in [2.24, 2.45) is 5.41 Å². The Morgan fingerprint density at radius 3 is 2.50 bits per heavy atom. The molecule has 1 aliphatic rings. The maximum absolute atomic E-state index is 12.2. The maximum atomic E-state index is 12.2. The van der Waals surface area contributed by atoms with Crippen LogP contribution in [0.2, 0.25) is 0 Å². The van der Waals surface area contributed by atoms with Crippen molar-refractivity contribution in [3.05, 3.63) is 24.3 Å². The van der Waals surface area contributed by atoms with Gasteiger partial charge in [-0.05, 0) is 31.2 Å². The van der Waals surface area contributed by atoms with Crippen LogP contribution in [0, 0.1) is 5.41 Å². The summed E-state index contributed by atoms with van der Waals surface area (Å²) in [6, 6.07) is 7.32. The molecule has 1 aromatic carbocycles. The summed E-state index contributed by atoms with van der Waals surface area (Å²) in [6.07, 6.45) is 0.342. The van der Waals surface area contributed by atoms with Gasteiger partial charge in [0.15, 0.2) is 0 Å². The van der Waals surface area contributed by atoms with Gasteiger partial charge in [0.25, 0.3) is 0 Å². The number of carbonyl (C=O) groups is 2. The Hall–Kier alpha value is -2.04. The number of amides is 2. The van der Waals surface area contributed by atoms with E-state index in [4.69, 9.17) is 4.74 Å². The summed E-state index contributed by atoms with van der Waals surface area (Å²) in [5, 5.41) is 2.95. The molecule has 1 atom stereocenters. The molecule has 1 fully saturated rings. The second-order valence-corrected chi connectivity index (χ2v) is 6.56. The summed E-state index contributed by atoms with van der Waals surface area (Å²) in [6.45, 7) is 8.65. The van der Waals surface area contributed by atoms with E-state index in [0.29, 0.717) is 19.6 Å². The van der Waals surface area contributed by atoms with E-state index in [1.807, 2.05) is 52.0 Å². The van der Waals surface area contributed by atoms with Crippen molar-refractivity contribution < 1.29 is 14.3 Å². The summed E-state index contributed by atoms with van der Waals surface area (Å²) in [5.41, 5.74) is 0.385. The quantitative estimate of drug-likeness (QED) is 0.929. The van der Waals surface area contributed by atoms with E-state index in [0.717, 1.165) is 11.4 Å². The van der Waals surface area contributed by atoms with Gasteiger partial charge in [-0.15, -0.1) is 0 Å². The second kappa shape index (κ2) is 6.38. The first-order chi connectivity index (χ1) is 10.3. The SMILES string of the molecule is CCOc1ccc(N2C[C@@H](NC(=O)C(C)(C)C)CC2=O)cc1. The van der Waals surface area contributed by atoms with Crippen LogP contribution in [0.15, 0.2) is 24.3 Å². The molecule has 0 radical (unpaired) electrons. The number of nitrogens with one attached hydrogen (secondary N) is 1. The van der Waals surface area contributed by atoms with Crippen LogP contribution in [-0.2, 0) is 9.59 Å². The second-order valence-electron chi connectivity index (χ2n) is 6.56. The number of hydrogen-bond donors (Lipinski definition) is 1. The number of benzene rings is 1. The monoisotopic (exact) mass is 304 g/mol. The lowest BCUT2D eigenvalue weighted by atomic mass is 9.95. The van der Waals surface area contributed by atoms with Gasteiger partial charge in [0.05, 0.1) is 12.6 Å². The minimum absolute atomic E-state index is 0.0288. The molecule has 1 N–H and O–H groups in total. The van der Waals surface area contributed by atoms with E-state index < -0.39 is 5.41 Å². The molecule has 1 aliphatic heterocycles. The van der Waals surface area contributed by atoms with Crippen molar-refractivity contribution in [3.63, 3.8) is 0 Å². The summed E-state index contributed by atoms with van der Waals surface area (Å²) in [5.74, 6) is 0.790. The average molecular weight is 304 g/mol. The Labute approximate surface area is 131 Å². The minimum Gasteiger partial charge on any atom is -0.494 e. The molecule has 2 rings (SSSR count). The van der Waals surface area contributed by atoms with Gasteiger partial charge in [-0.25, -0.2) is 0 Å². The van der Waals surface area contributed by atoms with Gasteiger partial charge in [0.1, 0.15) is 5.75 Å². The molecule has 0 spiro atoms. The molecule has 0 aliphatic carbocycles. The zero-order valence-electron chi connectivity index (χ0n) is 13.7. The topological polar surface area (TPSA) is 58.6 Å². The van der Waals surface area contributed by atoms with Gasteiger partial charge >= 0.3 is 0 Å². The van der Waals surface area contributed by atoms with Gasteiger partial charge in [0, 0.05) is 24.1 Å². The van der Waals surface area contributed by atoms with Crippen LogP contribution in [0.1, 0.15) is 34.1 Å². The summed E-state index contributed by atoms with van der Waals surface area (Å²) >= 11 is 0. The van der Waals surface area contributed by atoms with Gasteiger partial charge in [-0.2, -0.15) is 0 Å². The van der Waals surface area contributed by atoms with E-state index in [2.05, 4.69) is 5.32 Å². The predicted molar refractivity (Wildman–Crippen MR) is 86.0 cm³/mol. The molecule has 120 valence electrons. The minimum atomic E-state index is -0.449. The van der Waals surface area contributed by atoms with Crippen molar-refractivity contribution >= 4 is 17.5 Å². The molecular formula is C17H24N2O3. The van der Waals surface area contributed by atoms with Crippen LogP contribution in [0.4, 0.5) is 5.69 Å². The first-order valence-electron chi connectivity index (χ1n) is 7.65. The molecule has 22 heavy (non-hydrogen) atoms. The molecule has 5 heteroatoms. The van der Waals surface area contributed by atoms with Gasteiger partial charge in [-0.1, -0.05) is 20.8 Å². The molecule has 0 bridgehead atoms. The highest BCUT2D eigenvalue weighted by Crippen LogP contribution is 2.25. The van der Waals surface area contributed by atoms with E-state index in [1.165, 1.54) is 0 Å². The first kappa shape index (κ1) is 16.3. The lowest BCUT2D eigenvalue weighted by Crippen LogP contribution is -2.43. The Balaban J connectivity index is 2.01. The lowest BCUT2D eigenvalue weighted by molar-refractivity contribution is -0.129. The average Bonchev–Trinajstić information content (AvgIpc) is 2.80. The molecule has 0 unspecified atom stereocenters. The van der Waals surface area contributed by atoms with Crippen LogP contribution in [-0.4, -0.2) is 31.0 Å². The Morgan fingerprint density at radius 1 is 1.32 bits per heavy atom. The zero-order chi connectivity index (χ0) is 16.3. The van der Waals surface area contributed by atoms with E-state index >= 15 is 0 Å². The fourth-order valence-electron chi connectivity index (χ4n) is 2.34. The first-order valence-corrected chi connectivity index (χ1v) is 7.65. The molecule has 2 amide bonds. The third-order valence-electron chi connectivity index (χ3n) is 3.60. The van der Waals surface area contributed by atoms with Crippen LogP contribution in [0.5, 0.6) is 5.75 Å². The third kappa shape index (κ3) is 3.78. The fraction of sp³-hybridized carbons (Fsp3) is 0.529. The number of rotatable bonds is 4. The van der Waals surface area contributed by atoms with Gasteiger partial charge in [-0.3, -0.25) is 9.59 Å². The normalized spacial score (nSPS) is 18.5. The predicted octanol–water partition coefficient (Wildman–Crippen LogP) is 2.35. The summed E-state index contributed by atoms with van der Waals surface area (Å²) in [7, 11) is 0. The molecule has 1 saturated heterocycles. The number of anilines is 1. The van der Waals surface area contributed by atoms with Crippen molar-refractivity contribution in [2.75, 3.05) is 18.1 Å². The van der Waals surface area contributed by atoms with Gasteiger partial charge in [0.2, 0.25) is 11.8 Å². The van der Waals surface area contributed by atoms with Crippen LogP contribution >= 0.6 is 0 Å². The summed E-state index contributed by atoms with van der Waals surface area (Å²) in [4.78, 5) is 25.9. The fourth-order valence-corrected chi connectivity index (χ4v) is 2.34. The number of ether oxygens (including phenoxy) is 1.